The Morgan fingerprint density at radius 2 is 2.04 bits per heavy atom. The van der Waals surface area contributed by atoms with Crippen molar-refractivity contribution in [2.45, 2.75) is 32.6 Å². The third-order valence-electron chi connectivity index (χ3n) is 4.85. The first-order valence-corrected chi connectivity index (χ1v) is 9.05. The summed E-state index contributed by atoms with van der Waals surface area (Å²) in [6, 6.07) is 13.4. The minimum atomic E-state index is -0.124. The summed E-state index contributed by atoms with van der Waals surface area (Å²) in [7, 11) is 0. The molecule has 0 saturated heterocycles. The molecule has 4 rings (SSSR count). The molecule has 4 heteroatoms. The van der Waals surface area contributed by atoms with E-state index in [0.29, 0.717) is 5.56 Å². The second-order valence-corrected chi connectivity index (χ2v) is 6.78. The predicted molar refractivity (Wildman–Crippen MR) is 103 cm³/mol. The highest BCUT2D eigenvalue weighted by molar-refractivity contribution is 6.36. The lowest BCUT2D eigenvalue weighted by Crippen LogP contribution is -2.13. The van der Waals surface area contributed by atoms with Gasteiger partial charge < -0.3 is 5.32 Å². The number of aromatic nitrogens is 1. The van der Waals surface area contributed by atoms with Crippen molar-refractivity contribution >= 4 is 34.1 Å². The van der Waals surface area contributed by atoms with Crippen LogP contribution in [-0.4, -0.2) is 10.9 Å². The summed E-state index contributed by atoms with van der Waals surface area (Å²) in [5.74, 6) is -0.124. The van der Waals surface area contributed by atoms with E-state index in [1.54, 1.807) is 0 Å². The molecule has 0 radical (unpaired) electrons. The molecule has 1 aliphatic rings. The highest BCUT2D eigenvalue weighted by Crippen LogP contribution is 2.33. The highest BCUT2D eigenvalue weighted by atomic mass is 35.5. The van der Waals surface area contributed by atoms with Crippen molar-refractivity contribution < 1.29 is 4.79 Å². The zero-order chi connectivity index (χ0) is 17.4. The zero-order valence-electron chi connectivity index (χ0n) is 14.1. The fraction of sp³-hybridized carbons (Fsp3) is 0.238. The van der Waals surface area contributed by atoms with E-state index in [0.717, 1.165) is 58.6 Å². The van der Waals surface area contributed by atoms with Gasteiger partial charge in [-0.2, -0.15) is 0 Å². The van der Waals surface area contributed by atoms with Crippen LogP contribution in [0.3, 0.4) is 0 Å². The maximum Gasteiger partial charge on any atom is 0.255 e. The van der Waals surface area contributed by atoms with E-state index < -0.39 is 0 Å². The smallest absolute Gasteiger partial charge is 0.255 e. The number of halogens is 1. The Bertz CT molecular complexity index is 981. The zero-order valence-corrected chi connectivity index (χ0v) is 14.9. The number of nitrogens with zero attached hydrogens (tertiary/aromatic N) is 1. The standard InChI is InChI=1S/C21H19ClN2O/c1-2-13-6-3-4-8-17(13)24-21(25)14-10-11-16-19(12-14)23-18-9-5-7-15(18)20(16)22/h3-4,6,8,10-12H,2,5,7,9H2,1H3,(H,24,25). The quantitative estimate of drug-likeness (QED) is 0.706. The van der Waals surface area contributed by atoms with E-state index in [1.165, 1.54) is 5.56 Å². The fourth-order valence-electron chi connectivity index (χ4n) is 3.49. The number of carbonyl (C=O) groups is 1. The topological polar surface area (TPSA) is 42.0 Å². The molecule has 1 amide bonds. The van der Waals surface area contributed by atoms with Gasteiger partial charge in [-0.05, 0) is 55.0 Å². The third-order valence-corrected chi connectivity index (χ3v) is 5.28. The number of nitrogens with one attached hydrogen (secondary N) is 1. The van der Waals surface area contributed by atoms with Gasteiger partial charge in [-0.1, -0.05) is 42.8 Å². The molecule has 1 N–H and O–H groups in total. The van der Waals surface area contributed by atoms with Crippen molar-refractivity contribution in [2.24, 2.45) is 0 Å². The molecule has 1 aliphatic carbocycles. The lowest BCUT2D eigenvalue weighted by atomic mass is 10.1. The van der Waals surface area contributed by atoms with Crippen LogP contribution in [0.4, 0.5) is 5.69 Å². The third kappa shape index (κ3) is 2.89. The second-order valence-electron chi connectivity index (χ2n) is 6.40. The predicted octanol–water partition coefficient (Wildman–Crippen LogP) is 5.19. The SMILES string of the molecule is CCc1ccccc1NC(=O)c1ccc2c(Cl)c3c(nc2c1)CCC3. The lowest BCUT2D eigenvalue weighted by Gasteiger charge is -2.11. The van der Waals surface area contributed by atoms with E-state index in [-0.39, 0.29) is 5.91 Å². The number of aryl methyl sites for hydroxylation is 2. The van der Waals surface area contributed by atoms with E-state index in [2.05, 4.69) is 12.2 Å². The maximum atomic E-state index is 12.7. The van der Waals surface area contributed by atoms with Gasteiger partial charge in [0, 0.05) is 22.3 Å². The Morgan fingerprint density at radius 1 is 1.20 bits per heavy atom. The number of hydrogen-bond acceptors (Lipinski definition) is 2. The fourth-order valence-corrected chi connectivity index (χ4v) is 3.85. The number of fused-ring (bicyclic) bond motifs is 2. The Labute approximate surface area is 152 Å². The van der Waals surface area contributed by atoms with Crippen LogP contribution in [-0.2, 0) is 19.3 Å². The van der Waals surface area contributed by atoms with Crippen LogP contribution in [0.25, 0.3) is 10.9 Å². The number of amides is 1. The molecule has 1 heterocycles. The van der Waals surface area contributed by atoms with Crippen molar-refractivity contribution in [3.05, 3.63) is 69.9 Å². The Balaban J connectivity index is 1.70. The summed E-state index contributed by atoms with van der Waals surface area (Å²) < 4.78 is 0. The normalized spacial score (nSPS) is 13.0. The van der Waals surface area contributed by atoms with Crippen molar-refractivity contribution in [1.82, 2.24) is 4.98 Å². The van der Waals surface area contributed by atoms with Gasteiger partial charge in [-0.25, -0.2) is 0 Å². The van der Waals surface area contributed by atoms with Crippen LogP contribution in [0.15, 0.2) is 42.5 Å². The van der Waals surface area contributed by atoms with E-state index in [9.17, 15) is 4.79 Å². The number of rotatable bonds is 3. The highest BCUT2D eigenvalue weighted by Gasteiger charge is 2.19. The lowest BCUT2D eigenvalue weighted by molar-refractivity contribution is 0.102. The molecular formula is C21H19ClN2O. The van der Waals surface area contributed by atoms with Gasteiger partial charge in [0.15, 0.2) is 0 Å². The molecule has 0 atom stereocenters. The largest absolute Gasteiger partial charge is 0.322 e. The molecule has 0 bridgehead atoms. The Morgan fingerprint density at radius 3 is 2.88 bits per heavy atom. The van der Waals surface area contributed by atoms with Crippen molar-refractivity contribution in [1.29, 1.82) is 0 Å². The maximum absolute atomic E-state index is 12.7. The molecule has 0 unspecified atom stereocenters. The van der Waals surface area contributed by atoms with E-state index >= 15 is 0 Å². The summed E-state index contributed by atoms with van der Waals surface area (Å²) in [5, 5.41) is 4.73. The van der Waals surface area contributed by atoms with Gasteiger partial charge in [-0.3, -0.25) is 9.78 Å². The van der Waals surface area contributed by atoms with Crippen LogP contribution in [0, 0.1) is 0 Å². The molecule has 3 aromatic rings. The molecule has 25 heavy (non-hydrogen) atoms. The number of pyridine rings is 1. The van der Waals surface area contributed by atoms with Gasteiger partial charge in [-0.15, -0.1) is 0 Å². The average molecular weight is 351 g/mol. The second kappa shape index (κ2) is 6.49. The molecule has 2 aromatic carbocycles. The first-order valence-electron chi connectivity index (χ1n) is 8.67. The van der Waals surface area contributed by atoms with Crippen molar-refractivity contribution in [3.63, 3.8) is 0 Å². The average Bonchev–Trinajstić information content (AvgIpc) is 3.10. The van der Waals surface area contributed by atoms with Crippen LogP contribution < -0.4 is 5.32 Å². The summed E-state index contributed by atoms with van der Waals surface area (Å²) in [4.78, 5) is 17.4. The molecule has 0 aliphatic heterocycles. The van der Waals surface area contributed by atoms with Crippen LogP contribution in [0.5, 0.6) is 0 Å². The number of carbonyl (C=O) groups excluding carboxylic acids is 1. The van der Waals surface area contributed by atoms with Crippen LogP contribution in [0.1, 0.15) is 40.5 Å². The Kier molecular flexibility index (Phi) is 4.18. The van der Waals surface area contributed by atoms with Gasteiger partial charge in [0.05, 0.1) is 10.5 Å². The van der Waals surface area contributed by atoms with Crippen LogP contribution in [0.2, 0.25) is 5.02 Å². The molecule has 0 saturated carbocycles. The number of anilines is 1. The first kappa shape index (κ1) is 16.1. The van der Waals surface area contributed by atoms with Crippen molar-refractivity contribution in [2.75, 3.05) is 5.32 Å². The number of hydrogen-bond donors (Lipinski definition) is 1. The molecule has 126 valence electrons. The number of para-hydroxylation sites is 1. The van der Waals surface area contributed by atoms with Crippen molar-refractivity contribution in [3.8, 4) is 0 Å². The minimum Gasteiger partial charge on any atom is -0.322 e. The Hall–Kier alpha value is -2.39. The van der Waals surface area contributed by atoms with Gasteiger partial charge >= 0.3 is 0 Å². The summed E-state index contributed by atoms with van der Waals surface area (Å²) in [6.07, 6.45) is 3.93. The summed E-state index contributed by atoms with van der Waals surface area (Å²) in [5.41, 5.74) is 5.61. The summed E-state index contributed by atoms with van der Waals surface area (Å²) >= 11 is 6.55. The minimum absolute atomic E-state index is 0.124. The first-order chi connectivity index (χ1) is 12.2. The van der Waals surface area contributed by atoms with Gasteiger partial charge in [0.1, 0.15) is 0 Å². The molecule has 0 spiro atoms. The van der Waals surface area contributed by atoms with Gasteiger partial charge in [0.25, 0.3) is 5.91 Å². The monoisotopic (exact) mass is 350 g/mol. The molecule has 0 fully saturated rings. The van der Waals surface area contributed by atoms with Crippen LogP contribution >= 0.6 is 11.6 Å². The van der Waals surface area contributed by atoms with E-state index in [1.807, 2.05) is 42.5 Å². The van der Waals surface area contributed by atoms with E-state index in [4.69, 9.17) is 16.6 Å². The molecular weight excluding hydrogens is 332 g/mol. The number of benzene rings is 2. The van der Waals surface area contributed by atoms with Gasteiger partial charge in [0.2, 0.25) is 0 Å². The molecule has 3 nitrogen and oxygen atoms in total. The molecule has 1 aromatic heterocycles. The summed E-state index contributed by atoms with van der Waals surface area (Å²) in [6.45, 7) is 2.08.